The second-order valence-electron chi connectivity index (χ2n) is 1.60. The average Bonchev–Trinajstić information content (AvgIpc) is 1.87. The summed E-state index contributed by atoms with van der Waals surface area (Å²) in [7, 11) is 0. The van der Waals surface area contributed by atoms with Crippen molar-refractivity contribution in [3.63, 3.8) is 0 Å². The van der Waals surface area contributed by atoms with Crippen molar-refractivity contribution in [2.75, 3.05) is 0 Å². The highest BCUT2D eigenvalue weighted by atomic mass is 19.4. The molecule has 0 saturated carbocycles. The maximum Gasteiger partial charge on any atom is 0.379 e. The average molecular weight is 164 g/mol. The van der Waals surface area contributed by atoms with Crippen LogP contribution in [0.15, 0.2) is 37.0 Å². The van der Waals surface area contributed by atoms with E-state index < -0.39 is 6.68 Å². The zero-order valence-electron chi connectivity index (χ0n) is 6.36. The summed E-state index contributed by atoms with van der Waals surface area (Å²) >= 11 is 0. The van der Waals surface area contributed by atoms with E-state index in [0.29, 0.717) is 0 Å². The van der Waals surface area contributed by atoms with Crippen LogP contribution in [0.25, 0.3) is 0 Å². The maximum atomic E-state index is 9.67. The van der Waals surface area contributed by atoms with Crippen LogP contribution in [0.5, 0.6) is 0 Å². The van der Waals surface area contributed by atoms with Gasteiger partial charge in [0.1, 0.15) is 0 Å². The first-order chi connectivity index (χ1) is 5.04. The van der Waals surface area contributed by atoms with Gasteiger partial charge in [-0.2, -0.15) is 13.2 Å². The van der Waals surface area contributed by atoms with E-state index in [1.165, 1.54) is 0 Å². The molecule has 11 heavy (non-hydrogen) atoms. The monoisotopic (exact) mass is 164 g/mol. The van der Waals surface area contributed by atoms with Crippen molar-refractivity contribution < 1.29 is 13.2 Å². The standard InChI is InChI=1S/C7H10.CHF3/c1-4-6-7(3)5-2;2-1(3)4/h4-6H,1-2H2,3H3;1H/b7-6-;. The lowest BCUT2D eigenvalue weighted by Crippen LogP contribution is -1.65. The summed E-state index contributed by atoms with van der Waals surface area (Å²) in [6.45, 7) is 5.40. The fraction of sp³-hybridized carbons (Fsp3) is 0.250. The van der Waals surface area contributed by atoms with Crippen molar-refractivity contribution in [1.82, 2.24) is 0 Å². The van der Waals surface area contributed by atoms with Crippen molar-refractivity contribution in [1.29, 1.82) is 0 Å². The Morgan fingerprint density at radius 3 is 1.73 bits per heavy atom. The van der Waals surface area contributed by atoms with E-state index in [2.05, 4.69) is 13.2 Å². The molecule has 0 aromatic carbocycles. The predicted molar refractivity (Wildman–Crippen MR) is 41.3 cm³/mol. The fourth-order valence-corrected chi connectivity index (χ4v) is 0.254. The van der Waals surface area contributed by atoms with Gasteiger partial charge in [-0.3, -0.25) is 0 Å². The van der Waals surface area contributed by atoms with E-state index in [9.17, 15) is 13.2 Å². The summed E-state index contributed by atoms with van der Waals surface area (Å²) in [5, 5.41) is 0. The molecule has 0 bridgehead atoms. The molecule has 0 nitrogen and oxygen atoms in total. The van der Waals surface area contributed by atoms with E-state index in [-0.39, 0.29) is 0 Å². The van der Waals surface area contributed by atoms with E-state index in [4.69, 9.17) is 0 Å². The van der Waals surface area contributed by atoms with Gasteiger partial charge in [-0.05, 0) is 6.92 Å². The first kappa shape index (κ1) is 12.7. The Hall–Kier alpha value is -0.990. The first-order valence-corrected chi connectivity index (χ1v) is 2.88. The summed E-state index contributed by atoms with van der Waals surface area (Å²) in [6.07, 6.45) is 5.45. The molecule has 0 aromatic rings. The third kappa shape index (κ3) is 27.5. The molecule has 0 saturated heterocycles. The van der Waals surface area contributed by atoms with Crippen LogP contribution in [0.2, 0.25) is 0 Å². The van der Waals surface area contributed by atoms with Crippen LogP contribution in [-0.2, 0) is 0 Å². The van der Waals surface area contributed by atoms with Crippen LogP contribution < -0.4 is 0 Å². The van der Waals surface area contributed by atoms with Gasteiger partial charge in [0.2, 0.25) is 0 Å². The smallest absolute Gasteiger partial charge is 0.174 e. The molecule has 0 amide bonds. The molecule has 0 aliphatic rings. The number of allylic oxidation sites excluding steroid dienone is 4. The van der Waals surface area contributed by atoms with Gasteiger partial charge in [0.25, 0.3) is 0 Å². The van der Waals surface area contributed by atoms with Gasteiger partial charge in [0.15, 0.2) is 0 Å². The Kier molecular flexibility index (Phi) is 10.4. The van der Waals surface area contributed by atoms with Gasteiger partial charge < -0.3 is 0 Å². The van der Waals surface area contributed by atoms with E-state index in [1.54, 1.807) is 12.2 Å². The maximum absolute atomic E-state index is 9.67. The molecule has 0 rings (SSSR count). The second-order valence-corrected chi connectivity index (χ2v) is 1.60. The zero-order valence-corrected chi connectivity index (χ0v) is 6.36. The number of halogens is 3. The molecule has 64 valence electrons. The van der Waals surface area contributed by atoms with Gasteiger partial charge in [-0.1, -0.05) is 37.0 Å². The summed E-state index contributed by atoms with van der Waals surface area (Å²) < 4.78 is 29.0. The number of hydrogen-bond acceptors (Lipinski definition) is 0. The Morgan fingerprint density at radius 1 is 1.27 bits per heavy atom. The number of alkyl halides is 3. The Labute approximate surface area is 64.7 Å². The molecule has 0 unspecified atom stereocenters. The highest BCUT2D eigenvalue weighted by Crippen LogP contribution is 1.90. The molecule has 0 fully saturated rings. The molecule has 0 heterocycles. The van der Waals surface area contributed by atoms with Crippen molar-refractivity contribution in [2.24, 2.45) is 0 Å². The fourth-order valence-electron chi connectivity index (χ4n) is 0.254. The minimum atomic E-state index is -3.67. The Morgan fingerprint density at radius 2 is 1.64 bits per heavy atom. The molecule has 3 heteroatoms. The third-order valence-electron chi connectivity index (χ3n) is 0.703. The molecule has 0 radical (unpaired) electrons. The Balaban J connectivity index is 0. The van der Waals surface area contributed by atoms with Crippen LogP contribution in [0.4, 0.5) is 13.2 Å². The van der Waals surface area contributed by atoms with E-state index in [1.807, 2.05) is 13.0 Å². The molecular weight excluding hydrogens is 153 g/mol. The van der Waals surface area contributed by atoms with Crippen LogP contribution in [0.3, 0.4) is 0 Å². The van der Waals surface area contributed by atoms with Crippen LogP contribution in [0, 0.1) is 0 Å². The quantitative estimate of drug-likeness (QED) is 0.548. The normalized spacial score (nSPS) is 10.1. The Bertz CT molecular complexity index is 134. The molecule has 0 atom stereocenters. The zero-order chi connectivity index (χ0) is 9.28. The van der Waals surface area contributed by atoms with Crippen molar-refractivity contribution >= 4 is 0 Å². The van der Waals surface area contributed by atoms with Gasteiger partial charge in [-0.25, -0.2) is 0 Å². The van der Waals surface area contributed by atoms with Gasteiger partial charge in [-0.15, -0.1) is 0 Å². The van der Waals surface area contributed by atoms with Crippen molar-refractivity contribution in [3.8, 4) is 0 Å². The number of hydrogen-bond donors (Lipinski definition) is 0. The van der Waals surface area contributed by atoms with Crippen LogP contribution >= 0.6 is 0 Å². The van der Waals surface area contributed by atoms with Crippen molar-refractivity contribution in [2.45, 2.75) is 13.6 Å². The van der Waals surface area contributed by atoms with Crippen LogP contribution in [-0.4, -0.2) is 6.68 Å². The lowest BCUT2D eigenvalue weighted by atomic mass is 10.3. The van der Waals surface area contributed by atoms with Gasteiger partial charge in [0, 0.05) is 0 Å². The summed E-state index contributed by atoms with van der Waals surface area (Å²) in [5.74, 6) is 0. The SMILES string of the molecule is C=C/C=C(/C)C=C.FC(F)F. The lowest BCUT2D eigenvalue weighted by Gasteiger charge is -1.80. The van der Waals surface area contributed by atoms with Gasteiger partial charge >= 0.3 is 6.68 Å². The number of rotatable bonds is 2. The topological polar surface area (TPSA) is 0 Å². The summed E-state index contributed by atoms with van der Waals surface area (Å²) in [4.78, 5) is 0. The second kappa shape index (κ2) is 9.01. The molecule has 0 aliphatic carbocycles. The van der Waals surface area contributed by atoms with E-state index >= 15 is 0 Å². The molecule has 0 aromatic heterocycles. The molecule has 0 N–H and O–H groups in total. The highest BCUT2D eigenvalue weighted by Gasteiger charge is 1.86. The summed E-state index contributed by atoms with van der Waals surface area (Å²) in [6, 6.07) is 0. The minimum absolute atomic E-state index is 1.15. The predicted octanol–water partition coefficient (Wildman–Crippen LogP) is 3.48. The van der Waals surface area contributed by atoms with E-state index in [0.717, 1.165) is 5.57 Å². The van der Waals surface area contributed by atoms with Crippen molar-refractivity contribution in [3.05, 3.63) is 37.0 Å². The molecule has 0 aliphatic heterocycles. The highest BCUT2D eigenvalue weighted by molar-refractivity contribution is 5.17. The van der Waals surface area contributed by atoms with Gasteiger partial charge in [0.05, 0.1) is 0 Å². The lowest BCUT2D eigenvalue weighted by molar-refractivity contribution is 0.00819. The largest absolute Gasteiger partial charge is 0.379 e. The first-order valence-electron chi connectivity index (χ1n) is 2.88. The minimum Gasteiger partial charge on any atom is -0.174 e. The molecule has 0 spiro atoms. The van der Waals surface area contributed by atoms with Crippen LogP contribution in [0.1, 0.15) is 6.92 Å². The summed E-state index contributed by atoms with van der Waals surface area (Å²) in [5.41, 5.74) is 1.15. The molecular formula is C8H11F3. The third-order valence-corrected chi connectivity index (χ3v) is 0.703.